The van der Waals surface area contributed by atoms with E-state index in [-0.39, 0.29) is 23.6 Å². The molecule has 1 aliphatic rings. The second-order valence-corrected chi connectivity index (χ2v) is 5.48. The summed E-state index contributed by atoms with van der Waals surface area (Å²) in [7, 11) is -2.89. The van der Waals surface area contributed by atoms with Crippen LogP contribution < -0.4 is 11.1 Å². The molecule has 0 aromatic rings. The largest absolute Gasteiger partial charge is 0.327 e. The van der Waals surface area contributed by atoms with E-state index in [4.69, 9.17) is 5.73 Å². The first-order valence-corrected chi connectivity index (χ1v) is 6.05. The Balaban J connectivity index is 2.58. The Kier molecular flexibility index (Phi) is 3.09. The van der Waals surface area contributed by atoms with Gasteiger partial charge in [-0.05, 0) is 13.0 Å². The highest BCUT2D eigenvalue weighted by molar-refractivity contribution is 7.91. The summed E-state index contributed by atoms with van der Waals surface area (Å²) in [5.74, 6) is 0.392. The Hall–Kier alpha value is -0.130. The molecule has 72 valence electrons. The summed E-state index contributed by atoms with van der Waals surface area (Å²) in [5, 5.41) is 3.11. The molecule has 1 saturated heterocycles. The van der Waals surface area contributed by atoms with Crippen LogP contribution in [0.25, 0.3) is 0 Å². The molecule has 1 rings (SSSR count). The summed E-state index contributed by atoms with van der Waals surface area (Å²) >= 11 is 0. The molecule has 0 unspecified atom stereocenters. The standard InChI is InChI=1S/C7H16N2O2S/c1-2-9-7-3-6(8)4-12(10,11)5-7/h6-7,9H,2-5,8H2,1H3/t6-,7+/m0/s1. The quantitative estimate of drug-likeness (QED) is 0.595. The van der Waals surface area contributed by atoms with Gasteiger partial charge < -0.3 is 11.1 Å². The highest BCUT2D eigenvalue weighted by atomic mass is 32.2. The van der Waals surface area contributed by atoms with Crippen LogP contribution in [-0.4, -0.2) is 38.6 Å². The lowest BCUT2D eigenvalue weighted by atomic mass is 10.1. The summed E-state index contributed by atoms with van der Waals surface area (Å²) in [4.78, 5) is 0. The highest BCUT2D eigenvalue weighted by Gasteiger charge is 2.28. The van der Waals surface area contributed by atoms with E-state index in [2.05, 4.69) is 5.32 Å². The second kappa shape index (κ2) is 3.72. The number of sulfone groups is 1. The summed E-state index contributed by atoms with van der Waals surface area (Å²) in [6, 6.07) is -0.128. The molecule has 0 aromatic heterocycles. The van der Waals surface area contributed by atoms with Crippen LogP contribution in [0.2, 0.25) is 0 Å². The lowest BCUT2D eigenvalue weighted by Crippen LogP contribution is -2.48. The fraction of sp³-hybridized carbons (Fsp3) is 1.00. The van der Waals surface area contributed by atoms with Gasteiger partial charge in [-0.1, -0.05) is 6.92 Å². The van der Waals surface area contributed by atoms with Gasteiger partial charge >= 0.3 is 0 Å². The van der Waals surface area contributed by atoms with Gasteiger partial charge in [0.1, 0.15) is 0 Å². The number of hydrogen-bond donors (Lipinski definition) is 2. The maximum absolute atomic E-state index is 11.2. The molecule has 1 fully saturated rings. The van der Waals surface area contributed by atoms with Gasteiger partial charge in [0, 0.05) is 12.1 Å². The van der Waals surface area contributed by atoms with E-state index in [1.54, 1.807) is 0 Å². The van der Waals surface area contributed by atoms with Crippen molar-refractivity contribution in [3.63, 3.8) is 0 Å². The van der Waals surface area contributed by atoms with Crippen LogP contribution in [0.4, 0.5) is 0 Å². The Bertz CT molecular complexity index is 238. The normalized spacial score (nSPS) is 34.8. The molecule has 5 heteroatoms. The summed E-state index contributed by atoms with van der Waals surface area (Å²) in [6.07, 6.45) is 0.771. The zero-order valence-corrected chi connectivity index (χ0v) is 8.10. The van der Waals surface area contributed by atoms with Gasteiger partial charge in [0.15, 0.2) is 9.84 Å². The molecule has 0 amide bonds. The third-order valence-corrected chi connectivity index (χ3v) is 3.85. The second-order valence-electron chi connectivity index (χ2n) is 3.33. The molecule has 4 nitrogen and oxygen atoms in total. The molecule has 1 aliphatic heterocycles. The van der Waals surface area contributed by atoms with Gasteiger partial charge in [0.25, 0.3) is 0 Å². The molecule has 2 atom stereocenters. The zero-order valence-electron chi connectivity index (χ0n) is 7.29. The number of hydrogen-bond acceptors (Lipinski definition) is 4. The van der Waals surface area contributed by atoms with Crippen molar-refractivity contribution < 1.29 is 8.42 Å². The van der Waals surface area contributed by atoms with Crippen LogP contribution in [0.1, 0.15) is 13.3 Å². The molecule has 0 aromatic carbocycles. The van der Waals surface area contributed by atoms with E-state index in [0.29, 0.717) is 0 Å². The van der Waals surface area contributed by atoms with Crippen LogP contribution in [0.5, 0.6) is 0 Å². The molecule has 1 heterocycles. The van der Waals surface area contributed by atoms with Gasteiger partial charge in [-0.3, -0.25) is 0 Å². The minimum atomic E-state index is -2.89. The Morgan fingerprint density at radius 1 is 1.50 bits per heavy atom. The lowest BCUT2D eigenvalue weighted by molar-refractivity contribution is 0.460. The van der Waals surface area contributed by atoms with Crippen molar-refractivity contribution in [1.29, 1.82) is 0 Å². The minimum Gasteiger partial charge on any atom is -0.327 e. The predicted molar refractivity (Wildman–Crippen MR) is 48.7 cm³/mol. The Morgan fingerprint density at radius 2 is 2.17 bits per heavy atom. The molecular weight excluding hydrogens is 176 g/mol. The van der Waals surface area contributed by atoms with Gasteiger partial charge in [0.05, 0.1) is 11.5 Å². The van der Waals surface area contributed by atoms with E-state index in [1.165, 1.54) is 0 Å². The van der Waals surface area contributed by atoms with E-state index in [1.807, 2.05) is 6.92 Å². The average molecular weight is 192 g/mol. The molecule has 0 spiro atoms. The van der Waals surface area contributed by atoms with Crippen LogP contribution in [0.3, 0.4) is 0 Å². The SMILES string of the molecule is CCN[C@@H]1C[C@H](N)CS(=O)(=O)C1. The molecule has 12 heavy (non-hydrogen) atoms. The number of rotatable bonds is 2. The summed E-state index contributed by atoms with van der Waals surface area (Å²) in [6.45, 7) is 2.76. The first-order valence-electron chi connectivity index (χ1n) is 4.23. The van der Waals surface area contributed by atoms with Crippen LogP contribution in [0, 0.1) is 0 Å². The smallest absolute Gasteiger partial charge is 0.153 e. The molecule has 3 N–H and O–H groups in total. The third-order valence-electron chi connectivity index (χ3n) is 2.00. The van der Waals surface area contributed by atoms with Crippen molar-refractivity contribution in [2.45, 2.75) is 25.4 Å². The monoisotopic (exact) mass is 192 g/mol. The number of nitrogens with one attached hydrogen (secondary N) is 1. The minimum absolute atomic E-state index is 0.0590. The van der Waals surface area contributed by atoms with Gasteiger partial charge in [-0.25, -0.2) is 8.42 Å². The molecule has 0 saturated carbocycles. The van der Waals surface area contributed by atoms with Crippen molar-refractivity contribution in [1.82, 2.24) is 5.32 Å². The van der Waals surface area contributed by atoms with E-state index in [9.17, 15) is 8.42 Å². The summed E-state index contributed by atoms with van der Waals surface area (Å²) in [5.41, 5.74) is 5.61. The Labute approximate surface area is 73.4 Å². The third kappa shape index (κ3) is 2.73. The topological polar surface area (TPSA) is 72.2 Å². The molecule has 0 radical (unpaired) electrons. The molecular formula is C7H16N2O2S. The van der Waals surface area contributed by atoms with Crippen LogP contribution >= 0.6 is 0 Å². The fourth-order valence-electron chi connectivity index (χ4n) is 1.63. The van der Waals surface area contributed by atoms with Crippen LogP contribution in [0.15, 0.2) is 0 Å². The fourth-order valence-corrected chi connectivity index (χ4v) is 3.42. The first-order chi connectivity index (χ1) is 5.53. The number of nitrogens with two attached hydrogens (primary N) is 1. The van der Waals surface area contributed by atoms with Crippen molar-refractivity contribution in [3.8, 4) is 0 Å². The highest BCUT2D eigenvalue weighted by Crippen LogP contribution is 2.10. The Morgan fingerprint density at radius 3 is 2.67 bits per heavy atom. The van der Waals surface area contributed by atoms with E-state index >= 15 is 0 Å². The van der Waals surface area contributed by atoms with Crippen LogP contribution in [-0.2, 0) is 9.84 Å². The van der Waals surface area contributed by atoms with Gasteiger partial charge in [0.2, 0.25) is 0 Å². The van der Waals surface area contributed by atoms with E-state index in [0.717, 1.165) is 13.0 Å². The lowest BCUT2D eigenvalue weighted by Gasteiger charge is -2.26. The molecule has 0 aliphatic carbocycles. The maximum Gasteiger partial charge on any atom is 0.153 e. The first kappa shape index (κ1) is 9.95. The zero-order chi connectivity index (χ0) is 9.19. The molecule has 0 bridgehead atoms. The predicted octanol–water partition coefficient (Wildman–Crippen LogP) is -0.890. The van der Waals surface area contributed by atoms with Crippen molar-refractivity contribution in [3.05, 3.63) is 0 Å². The average Bonchev–Trinajstić information content (AvgIpc) is 1.82. The van der Waals surface area contributed by atoms with Gasteiger partial charge in [-0.15, -0.1) is 0 Å². The summed E-state index contributed by atoms with van der Waals surface area (Å²) < 4.78 is 22.5. The van der Waals surface area contributed by atoms with Crippen molar-refractivity contribution in [2.75, 3.05) is 18.1 Å². The maximum atomic E-state index is 11.2. The van der Waals surface area contributed by atoms with Gasteiger partial charge in [-0.2, -0.15) is 0 Å². The van der Waals surface area contributed by atoms with Crippen molar-refractivity contribution in [2.24, 2.45) is 5.73 Å². The van der Waals surface area contributed by atoms with E-state index < -0.39 is 9.84 Å². The van der Waals surface area contributed by atoms with Crippen molar-refractivity contribution >= 4 is 9.84 Å².